The maximum Gasteiger partial charge on any atom is 0.231 e. The Morgan fingerprint density at radius 2 is 2.13 bits per heavy atom. The number of ether oxygens (including phenoxy) is 1. The van der Waals surface area contributed by atoms with Crippen molar-refractivity contribution in [2.45, 2.75) is 45.0 Å². The Kier molecular flexibility index (Phi) is 4.66. The van der Waals surface area contributed by atoms with E-state index in [1.807, 2.05) is 29.9 Å². The van der Waals surface area contributed by atoms with Crippen molar-refractivity contribution in [1.29, 1.82) is 0 Å². The first-order chi connectivity index (χ1) is 14.5. The van der Waals surface area contributed by atoms with Crippen LogP contribution in [0.1, 0.15) is 37.6 Å². The summed E-state index contributed by atoms with van der Waals surface area (Å²) < 4.78 is 20.9. The standard InChI is InChI=1S/C22H24FN5O2/c1-12-16(11-26-28(12)21-4-2-3-5-30-21)13-6-14-8-20(25-10-17(14)19(24)7-13)27-22(29)15-9-18(15)23/h6-8,10-11,15,18,21H,2-5,9,24H2,1H3,(H,25,27,29)/t15-,18+,21?/m1/s1. The van der Waals surface area contributed by atoms with Crippen LogP contribution in [0.25, 0.3) is 21.9 Å². The van der Waals surface area contributed by atoms with Crippen LogP contribution in [0.3, 0.4) is 0 Å². The third kappa shape index (κ3) is 3.41. The number of fused-ring (bicyclic) bond motifs is 1. The Morgan fingerprint density at radius 3 is 2.87 bits per heavy atom. The fourth-order valence-electron chi connectivity index (χ4n) is 4.08. The molecule has 3 heterocycles. The second kappa shape index (κ2) is 7.36. The minimum atomic E-state index is -1.04. The first kappa shape index (κ1) is 19.0. The minimum absolute atomic E-state index is 0.0296. The fraction of sp³-hybridized carbons (Fsp3) is 0.409. The maximum atomic E-state index is 13.1. The predicted molar refractivity (Wildman–Crippen MR) is 113 cm³/mol. The van der Waals surface area contributed by atoms with Gasteiger partial charge >= 0.3 is 0 Å². The summed E-state index contributed by atoms with van der Waals surface area (Å²) in [5.41, 5.74) is 9.83. The first-order valence-corrected chi connectivity index (χ1v) is 10.3. The molecule has 0 spiro atoms. The number of amides is 1. The van der Waals surface area contributed by atoms with Crippen molar-refractivity contribution in [3.05, 3.63) is 36.3 Å². The number of aromatic nitrogens is 3. The molecule has 8 heteroatoms. The average molecular weight is 409 g/mol. The quantitative estimate of drug-likeness (QED) is 0.636. The van der Waals surface area contributed by atoms with Crippen LogP contribution >= 0.6 is 0 Å². The molecule has 0 radical (unpaired) electrons. The second-order valence-corrected chi connectivity index (χ2v) is 8.11. The van der Waals surface area contributed by atoms with E-state index in [1.165, 1.54) is 0 Å². The van der Waals surface area contributed by atoms with Gasteiger partial charge in [-0.2, -0.15) is 5.10 Å². The zero-order valence-electron chi connectivity index (χ0n) is 16.8. The molecule has 1 aliphatic heterocycles. The predicted octanol–water partition coefficient (Wildman–Crippen LogP) is 3.98. The zero-order valence-corrected chi connectivity index (χ0v) is 16.8. The number of nitrogens with one attached hydrogen (secondary N) is 1. The van der Waals surface area contributed by atoms with Crippen LogP contribution in [0.15, 0.2) is 30.6 Å². The Bertz CT molecular complexity index is 1120. The number of benzene rings is 1. The molecule has 30 heavy (non-hydrogen) atoms. The normalized spacial score (nSPS) is 23.5. The number of alkyl halides is 1. The van der Waals surface area contributed by atoms with Crippen LogP contribution in [0.2, 0.25) is 0 Å². The van der Waals surface area contributed by atoms with Crippen LogP contribution in [0.5, 0.6) is 0 Å². The van der Waals surface area contributed by atoms with Crippen molar-refractivity contribution >= 4 is 28.2 Å². The highest BCUT2D eigenvalue weighted by Crippen LogP contribution is 2.36. The van der Waals surface area contributed by atoms with E-state index in [0.717, 1.165) is 53.5 Å². The summed E-state index contributed by atoms with van der Waals surface area (Å²) in [6.07, 6.45) is 5.86. The SMILES string of the molecule is Cc1c(-c2cc(N)c3cnc(NC(=O)[C@@H]4C[C@@H]4F)cc3c2)cnn1C1CCCCO1. The lowest BCUT2D eigenvalue weighted by molar-refractivity contribution is -0.117. The van der Waals surface area contributed by atoms with E-state index < -0.39 is 12.1 Å². The number of nitrogens with zero attached hydrogens (tertiary/aromatic N) is 3. The monoisotopic (exact) mass is 409 g/mol. The molecule has 5 rings (SSSR count). The largest absolute Gasteiger partial charge is 0.398 e. The van der Waals surface area contributed by atoms with Crippen LogP contribution in [-0.2, 0) is 9.53 Å². The molecular weight excluding hydrogens is 385 g/mol. The van der Waals surface area contributed by atoms with Crippen molar-refractivity contribution in [2.24, 2.45) is 5.92 Å². The van der Waals surface area contributed by atoms with Crippen LogP contribution in [-0.4, -0.2) is 33.5 Å². The highest BCUT2D eigenvalue weighted by Gasteiger charge is 2.43. The van der Waals surface area contributed by atoms with E-state index in [9.17, 15) is 9.18 Å². The number of nitrogens with two attached hydrogens (primary N) is 1. The number of nitrogen functional groups attached to an aromatic ring is 1. The van der Waals surface area contributed by atoms with E-state index >= 15 is 0 Å². The molecule has 1 saturated carbocycles. The summed E-state index contributed by atoms with van der Waals surface area (Å²) >= 11 is 0. The maximum absolute atomic E-state index is 13.1. The average Bonchev–Trinajstić information content (AvgIpc) is 3.35. The van der Waals surface area contributed by atoms with Gasteiger partial charge in [0.05, 0.1) is 12.1 Å². The van der Waals surface area contributed by atoms with Gasteiger partial charge in [0, 0.05) is 35.1 Å². The molecule has 2 fully saturated rings. The third-order valence-electron chi connectivity index (χ3n) is 5.95. The Morgan fingerprint density at radius 1 is 1.30 bits per heavy atom. The molecule has 3 aromatic rings. The molecule has 3 N–H and O–H groups in total. The first-order valence-electron chi connectivity index (χ1n) is 10.3. The van der Waals surface area contributed by atoms with Crippen molar-refractivity contribution in [2.75, 3.05) is 17.7 Å². The fourth-order valence-corrected chi connectivity index (χ4v) is 4.08. The van der Waals surface area contributed by atoms with Crippen LogP contribution in [0.4, 0.5) is 15.9 Å². The van der Waals surface area contributed by atoms with Crippen molar-refractivity contribution < 1.29 is 13.9 Å². The van der Waals surface area contributed by atoms with Gasteiger partial charge in [0.15, 0.2) is 0 Å². The lowest BCUT2D eigenvalue weighted by Crippen LogP contribution is -2.20. The van der Waals surface area contributed by atoms with Crippen molar-refractivity contribution in [3.63, 3.8) is 0 Å². The second-order valence-electron chi connectivity index (χ2n) is 8.11. The molecule has 2 aromatic heterocycles. The third-order valence-corrected chi connectivity index (χ3v) is 5.95. The summed E-state index contributed by atoms with van der Waals surface area (Å²) in [7, 11) is 0. The Hall–Kier alpha value is -3.00. The smallest absolute Gasteiger partial charge is 0.231 e. The molecule has 1 unspecified atom stereocenters. The van der Waals surface area contributed by atoms with Crippen LogP contribution < -0.4 is 11.1 Å². The van der Waals surface area contributed by atoms with Crippen LogP contribution in [0, 0.1) is 12.8 Å². The number of carbonyl (C=O) groups excluding carboxylic acids is 1. The molecular formula is C22H24FN5O2. The van der Waals surface area contributed by atoms with Crippen molar-refractivity contribution in [1.82, 2.24) is 14.8 Å². The van der Waals surface area contributed by atoms with Gasteiger partial charge in [-0.3, -0.25) is 4.79 Å². The number of hydrogen-bond donors (Lipinski definition) is 2. The van der Waals surface area contributed by atoms with E-state index in [0.29, 0.717) is 11.5 Å². The number of hydrogen-bond acceptors (Lipinski definition) is 5. The highest BCUT2D eigenvalue weighted by molar-refractivity contribution is 6.00. The number of carbonyl (C=O) groups is 1. The molecule has 2 aliphatic rings. The number of anilines is 2. The van der Waals surface area contributed by atoms with Gasteiger partial charge in [0.25, 0.3) is 0 Å². The van der Waals surface area contributed by atoms with E-state index in [-0.39, 0.29) is 18.6 Å². The van der Waals surface area contributed by atoms with Gasteiger partial charge < -0.3 is 15.8 Å². The van der Waals surface area contributed by atoms with E-state index in [4.69, 9.17) is 10.5 Å². The van der Waals surface area contributed by atoms with Gasteiger partial charge in [0.2, 0.25) is 5.91 Å². The molecule has 1 saturated heterocycles. The van der Waals surface area contributed by atoms with Gasteiger partial charge in [-0.1, -0.05) is 0 Å². The molecule has 7 nitrogen and oxygen atoms in total. The minimum Gasteiger partial charge on any atom is -0.398 e. The lowest BCUT2D eigenvalue weighted by Gasteiger charge is -2.24. The Labute approximate surface area is 173 Å². The highest BCUT2D eigenvalue weighted by atomic mass is 19.1. The number of pyridine rings is 1. The zero-order chi connectivity index (χ0) is 20.8. The van der Waals surface area contributed by atoms with Crippen molar-refractivity contribution in [3.8, 4) is 11.1 Å². The summed E-state index contributed by atoms with van der Waals surface area (Å²) in [6.45, 7) is 2.79. The summed E-state index contributed by atoms with van der Waals surface area (Å²) in [5.74, 6) is -0.497. The topological polar surface area (TPSA) is 95.1 Å². The molecule has 1 amide bonds. The summed E-state index contributed by atoms with van der Waals surface area (Å²) in [6, 6.07) is 5.69. The summed E-state index contributed by atoms with van der Waals surface area (Å²) in [4.78, 5) is 16.3. The molecule has 1 aliphatic carbocycles. The van der Waals surface area contributed by atoms with Gasteiger partial charge in [-0.25, -0.2) is 14.1 Å². The molecule has 1 aromatic carbocycles. The van der Waals surface area contributed by atoms with Gasteiger partial charge in [0.1, 0.15) is 18.2 Å². The lowest BCUT2D eigenvalue weighted by atomic mass is 10.0. The van der Waals surface area contributed by atoms with E-state index in [1.54, 1.807) is 12.3 Å². The molecule has 156 valence electrons. The van der Waals surface area contributed by atoms with Gasteiger partial charge in [-0.15, -0.1) is 0 Å². The summed E-state index contributed by atoms with van der Waals surface area (Å²) in [5, 5.41) is 8.91. The molecule has 3 atom stereocenters. The Balaban J connectivity index is 1.47. The van der Waals surface area contributed by atoms with Gasteiger partial charge in [-0.05, 0) is 61.8 Å². The number of halogens is 1. The van der Waals surface area contributed by atoms with E-state index in [2.05, 4.69) is 15.4 Å². The molecule has 0 bridgehead atoms. The number of rotatable bonds is 4.